The third kappa shape index (κ3) is 4.83. The fourth-order valence-electron chi connectivity index (χ4n) is 4.98. The van der Waals surface area contributed by atoms with Gasteiger partial charge in [0, 0.05) is 59.8 Å². The van der Waals surface area contributed by atoms with Crippen molar-refractivity contribution >= 4 is 21.9 Å². The van der Waals surface area contributed by atoms with E-state index in [-0.39, 0.29) is 11.6 Å². The summed E-state index contributed by atoms with van der Waals surface area (Å²) in [6.45, 7) is 1.32. The number of H-pyrrole nitrogens is 2. The fourth-order valence-corrected chi connectivity index (χ4v) is 4.98. The summed E-state index contributed by atoms with van der Waals surface area (Å²) in [4.78, 5) is 17.0. The summed E-state index contributed by atoms with van der Waals surface area (Å²) < 4.78 is 28.8. The molecule has 9 heteroatoms. The summed E-state index contributed by atoms with van der Waals surface area (Å²) in [7, 11) is 0. The number of nitrogens with zero attached hydrogens (tertiary/aromatic N) is 4. The number of hydrogen-bond donors (Lipinski definition) is 3. The number of hydrogen-bond acceptors (Lipinski definition) is 5. The van der Waals surface area contributed by atoms with Crippen LogP contribution in [0, 0.1) is 11.6 Å². The lowest BCUT2D eigenvalue weighted by molar-refractivity contribution is 0.628. The molecule has 7 nitrogen and oxygen atoms in total. The molecule has 7 rings (SSSR count). The van der Waals surface area contributed by atoms with Crippen LogP contribution in [0.1, 0.15) is 11.1 Å². The van der Waals surface area contributed by atoms with Crippen LogP contribution in [-0.2, 0) is 13.1 Å². The monoisotopic (exact) mass is 543 g/mol. The molecule has 3 N–H and O–H groups in total. The van der Waals surface area contributed by atoms with E-state index < -0.39 is 0 Å². The van der Waals surface area contributed by atoms with Gasteiger partial charge in [-0.25, -0.2) is 13.8 Å². The number of aromatic amines is 2. The van der Waals surface area contributed by atoms with E-state index in [0.717, 1.165) is 23.2 Å². The van der Waals surface area contributed by atoms with Crippen molar-refractivity contribution in [1.29, 1.82) is 0 Å². The summed E-state index contributed by atoms with van der Waals surface area (Å²) in [5.41, 5.74) is 7.08. The first kappa shape index (κ1) is 24.7. The molecule has 0 aliphatic carbocycles. The maximum Gasteiger partial charge on any atom is 0.159 e. The zero-order chi connectivity index (χ0) is 27.8. The Morgan fingerprint density at radius 3 is 2.44 bits per heavy atom. The number of aromatic nitrogens is 6. The molecule has 200 valence electrons. The number of halogens is 2. The summed E-state index contributed by atoms with van der Waals surface area (Å²) in [5.74, 6) is -0.188. The Kier molecular flexibility index (Phi) is 6.25. The maximum atomic E-state index is 15.3. The molecule has 0 radical (unpaired) electrons. The normalized spacial score (nSPS) is 11.5. The van der Waals surface area contributed by atoms with Crippen molar-refractivity contribution in [2.24, 2.45) is 0 Å². The third-order valence-electron chi connectivity index (χ3n) is 7.00. The molecule has 0 amide bonds. The number of nitrogens with one attached hydrogen (secondary N) is 3. The lowest BCUT2D eigenvalue weighted by Crippen LogP contribution is -2.12. The molecule has 4 heterocycles. The van der Waals surface area contributed by atoms with Crippen LogP contribution >= 0.6 is 0 Å². The number of fused-ring (bicyclic) bond motifs is 2. The molecule has 0 atom stereocenters. The smallest absolute Gasteiger partial charge is 0.159 e. The quantitative estimate of drug-likeness (QED) is 0.206. The van der Waals surface area contributed by atoms with Gasteiger partial charge in [-0.2, -0.15) is 5.10 Å². The first-order valence-corrected chi connectivity index (χ1v) is 13.1. The predicted molar refractivity (Wildman–Crippen MR) is 155 cm³/mol. The third-order valence-corrected chi connectivity index (χ3v) is 7.00. The second-order valence-corrected chi connectivity index (χ2v) is 9.77. The summed E-state index contributed by atoms with van der Waals surface area (Å²) in [5, 5.41) is 11.5. The molecule has 0 spiro atoms. The average molecular weight is 544 g/mol. The molecule has 0 fully saturated rings. The highest BCUT2D eigenvalue weighted by Gasteiger charge is 2.18. The first-order chi connectivity index (χ1) is 20.1. The Morgan fingerprint density at radius 1 is 0.756 bits per heavy atom. The van der Waals surface area contributed by atoms with Gasteiger partial charge >= 0.3 is 0 Å². The lowest BCUT2D eigenvalue weighted by atomic mass is 10.0. The maximum absolute atomic E-state index is 15.3. The van der Waals surface area contributed by atoms with Crippen molar-refractivity contribution in [3.05, 3.63) is 120 Å². The Hall–Kier alpha value is -5.28. The molecular weight excluding hydrogens is 520 g/mol. The molecule has 7 aromatic rings. The van der Waals surface area contributed by atoms with Gasteiger partial charge in [0.1, 0.15) is 22.8 Å². The molecule has 4 aromatic heterocycles. The van der Waals surface area contributed by atoms with Crippen LogP contribution in [0.2, 0.25) is 0 Å². The molecule has 0 bridgehead atoms. The second kappa shape index (κ2) is 10.4. The Morgan fingerprint density at radius 2 is 1.59 bits per heavy atom. The number of rotatable bonds is 7. The van der Waals surface area contributed by atoms with Gasteiger partial charge < -0.3 is 10.3 Å². The van der Waals surface area contributed by atoms with Gasteiger partial charge in [0.15, 0.2) is 5.82 Å². The van der Waals surface area contributed by atoms with E-state index in [2.05, 4.69) is 42.6 Å². The van der Waals surface area contributed by atoms with Gasteiger partial charge in [0.2, 0.25) is 0 Å². The zero-order valence-electron chi connectivity index (χ0n) is 21.7. The van der Waals surface area contributed by atoms with Gasteiger partial charge in [0.05, 0.1) is 16.7 Å². The Labute approximate surface area is 233 Å². The molecular formula is C32H23F2N7. The van der Waals surface area contributed by atoms with E-state index >= 15 is 4.39 Å². The SMILES string of the molecule is Fc1ccc(-c2nccc3[nH]c(-c4n[nH]c5cc(F)c(-c6cncc(CNCc7ccccc7)c6)cc45)nc23)cc1. The fraction of sp³-hybridized carbons (Fsp3) is 0.0625. The molecule has 0 saturated heterocycles. The first-order valence-electron chi connectivity index (χ1n) is 13.1. The van der Waals surface area contributed by atoms with E-state index in [0.29, 0.717) is 51.3 Å². The Bertz CT molecular complexity index is 2000. The summed E-state index contributed by atoms with van der Waals surface area (Å²) >= 11 is 0. The lowest BCUT2D eigenvalue weighted by Gasteiger charge is -2.08. The van der Waals surface area contributed by atoms with E-state index in [1.807, 2.05) is 30.3 Å². The largest absolute Gasteiger partial charge is 0.336 e. The second-order valence-electron chi connectivity index (χ2n) is 9.77. The molecule has 0 aliphatic heterocycles. The van der Waals surface area contributed by atoms with Gasteiger partial charge in [0.25, 0.3) is 0 Å². The van der Waals surface area contributed by atoms with E-state index in [4.69, 9.17) is 4.98 Å². The minimum Gasteiger partial charge on any atom is -0.336 e. The highest BCUT2D eigenvalue weighted by molar-refractivity contribution is 5.97. The van der Waals surface area contributed by atoms with Crippen LogP contribution in [-0.4, -0.2) is 30.1 Å². The highest BCUT2D eigenvalue weighted by atomic mass is 19.1. The number of benzene rings is 3. The Balaban J connectivity index is 1.22. The van der Waals surface area contributed by atoms with Gasteiger partial charge in [-0.05, 0) is 53.6 Å². The summed E-state index contributed by atoms with van der Waals surface area (Å²) in [6.07, 6.45) is 5.11. The highest BCUT2D eigenvalue weighted by Crippen LogP contribution is 2.34. The van der Waals surface area contributed by atoms with Crippen molar-refractivity contribution in [1.82, 2.24) is 35.5 Å². The molecule has 0 unspecified atom stereocenters. The van der Waals surface area contributed by atoms with E-state index in [9.17, 15) is 4.39 Å². The van der Waals surface area contributed by atoms with Crippen molar-refractivity contribution in [2.45, 2.75) is 13.1 Å². The van der Waals surface area contributed by atoms with E-state index in [1.54, 1.807) is 36.8 Å². The zero-order valence-corrected chi connectivity index (χ0v) is 21.7. The molecule has 0 aliphatic rings. The molecule has 41 heavy (non-hydrogen) atoms. The van der Waals surface area contributed by atoms with Crippen LogP contribution in [0.3, 0.4) is 0 Å². The van der Waals surface area contributed by atoms with E-state index in [1.165, 1.54) is 23.8 Å². The molecule has 3 aromatic carbocycles. The van der Waals surface area contributed by atoms with Crippen LogP contribution < -0.4 is 5.32 Å². The van der Waals surface area contributed by atoms with Gasteiger partial charge in [-0.1, -0.05) is 30.3 Å². The topological polar surface area (TPSA) is 95.2 Å². The number of imidazole rings is 1. The van der Waals surface area contributed by atoms with Crippen molar-refractivity contribution in [3.63, 3.8) is 0 Å². The standard InChI is InChI=1S/C32H23F2N7/c33-23-8-6-21(7-9-23)29-31-27(10-11-37-29)38-32(39-31)30-25-13-24(26(34)14-28(25)40-41-30)22-12-20(17-36-18-22)16-35-15-19-4-2-1-3-5-19/h1-14,17-18,35H,15-16H2,(H,38,39)(H,40,41). The van der Waals surface area contributed by atoms with Crippen LogP contribution in [0.5, 0.6) is 0 Å². The minimum atomic E-state index is -0.378. The van der Waals surface area contributed by atoms with Crippen molar-refractivity contribution < 1.29 is 8.78 Å². The summed E-state index contributed by atoms with van der Waals surface area (Å²) in [6, 6.07) is 23.2. The molecule has 0 saturated carbocycles. The predicted octanol–water partition coefficient (Wildman–Crippen LogP) is 6.80. The van der Waals surface area contributed by atoms with Gasteiger partial charge in [-0.3, -0.25) is 15.1 Å². The average Bonchev–Trinajstić information content (AvgIpc) is 3.62. The van der Waals surface area contributed by atoms with Crippen LogP contribution in [0.4, 0.5) is 8.78 Å². The minimum absolute atomic E-state index is 0.321. The van der Waals surface area contributed by atoms with Gasteiger partial charge in [-0.15, -0.1) is 0 Å². The van der Waals surface area contributed by atoms with Crippen molar-refractivity contribution in [3.8, 4) is 33.9 Å². The van der Waals surface area contributed by atoms with Crippen LogP contribution in [0.25, 0.3) is 55.8 Å². The van der Waals surface area contributed by atoms with Crippen LogP contribution in [0.15, 0.2) is 97.5 Å². The van der Waals surface area contributed by atoms with Crippen molar-refractivity contribution in [2.75, 3.05) is 0 Å². The number of pyridine rings is 2.